The minimum atomic E-state index is -0.445. The lowest BCUT2D eigenvalue weighted by molar-refractivity contribution is 0.605. The summed E-state index contributed by atoms with van der Waals surface area (Å²) in [6, 6.07) is 4.44. The van der Waals surface area contributed by atoms with Gasteiger partial charge < -0.3 is 10.6 Å². The SMILES string of the molecule is CNc1nc(Nc2ccc(F)c(-n3nnnc3C)c2)ncc1Cl. The summed E-state index contributed by atoms with van der Waals surface area (Å²) in [6.45, 7) is 1.68. The normalized spacial score (nSPS) is 10.6. The summed E-state index contributed by atoms with van der Waals surface area (Å²) < 4.78 is 15.3. The molecule has 0 aliphatic rings. The summed E-state index contributed by atoms with van der Waals surface area (Å²) in [4.78, 5) is 8.29. The number of aromatic nitrogens is 6. The van der Waals surface area contributed by atoms with E-state index in [4.69, 9.17) is 11.6 Å². The van der Waals surface area contributed by atoms with Crippen LogP contribution in [0.5, 0.6) is 0 Å². The molecule has 118 valence electrons. The maximum absolute atomic E-state index is 14.0. The van der Waals surface area contributed by atoms with Crippen LogP contribution in [0.2, 0.25) is 5.02 Å². The van der Waals surface area contributed by atoms with Gasteiger partial charge in [-0.25, -0.2) is 9.37 Å². The summed E-state index contributed by atoms with van der Waals surface area (Å²) in [5.41, 5.74) is 0.806. The van der Waals surface area contributed by atoms with Crippen molar-refractivity contribution in [3.05, 3.63) is 41.1 Å². The fourth-order valence-corrected chi connectivity index (χ4v) is 2.12. The van der Waals surface area contributed by atoms with Crippen LogP contribution in [0.15, 0.2) is 24.4 Å². The van der Waals surface area contributed by atoms with Gasteiger partial charge >= 0.3 is 0 Å². The van der Waals surface area contributed by atoms with Crippen LogP contribution in [0, 0.1) is 12.7 Å². The number of rotatable bonds is 4. The highest BCUT2D eigenvalue weighted by atomic mass is 35.5. The van der Waals surface area contributed by atoms with Gasteiger partial charge in [0.15, 0.2) is 5.82 Å². The minimum absolute atomic E-state index is 0.223. The van der Waals surface area contributed by atoms with E-state index < -0.39 is 5.82 Å². The Kier molecular flexibility index (Phi) is 4.02. The number of hydrogen-bond acceptors (Lipinski definition) is 7. The van der Waals surface area contributed by atoms with E-state index in [1.165, 1.54) is 16.9 Å². The molecule has 0 aliphatic carbocycles. The van der Waals surface area contributed by atoms with Gasteiger partial charge in [-0.1, -0.05) is 11.6 Å². The first-order chi connectivity index (χ1) is 11.1. The highest BCUT2D eigenvalue weighted by Gasteiger charge is 2.11. The Morgan fingerprint density at radius 2 is 2.13 bits per heavy atom. The second-order valence-corrected chi connectivity index (χ2v) is 4.98. The number of hydrogen-bond donors (Lipinski definition) is 2. The summed E-state index contributed by atoms with van der Waals surface area (Å²) in [7, 11) is 1.70. The van der Waals surface area contributed by atoms with Gasteiger partial charge in [-0.05, 0) is 35.5 Å². The lowest BCUT2D eigenvalue weighted by Crippen LogP contribution is -2.05. The molecule has 2 heterocycles. The van der Waals surface area contributed by atoms with Gasteiger partial charge in [0, 0.05) is 12.7 Å². The molecule has 0 fully saturated rings. The molecule has 0 saturated carbocycles. The second-order valence-electron chi connectivity index (χ2n) is 4.57. The molecule has 2 N–H and O–H groups in total. The Hall–Kier alpha value is -2.81. The van der Waals surface area contributed by atoms with Crippen LogP contribution in [0.25, 0.3) is 5.69 Å². The molecule has 2 aromatic heterocycles. The standard InChI is InChI=1S/C13H12ClFN8/c1-7-20-21-22-23(7)11-5-8(3-4-10(11)15)18-13-17-6-9(14)12(16-2)19-13/h3-6H,1-2H3,(H2,16,17,18,19). The van der Waals surface area contributed by atoms with Crippen molar-refractivity contribution in [3.8, 4) is 5.69 Å². The van der Waals surface area contributed by atoms with E-state index in [-0.39, 0.29) is 5.69 Å². The molecule has 3 rings (SSSR count). The fourth-order valence-electron chi connectivity index (χ4n) is 1.94. The van der Waals surface area contributed by atoms with Gasteiger partial charge in [-0.15, -0.1) is 5.10 Å². The molecule has 0 unspecified atom stereocenters. The van der Waals surface area contributed by atoms with Gasteiger partial charge in [-0.2, -0.15) is 9.67 Å². The first-order valence-electron chi connectivity index (χ1n) is 6.60. The van der Waals surface area contributed by atoms with Crippen LogP contribution >= 0.6 is 11.6 Å². The third-order valence-corrected chi connectivity index (χ3v) is 3.31. The summed E-state index contributed by atoms with van der Waals surface area (Å²) in [5.74, 6) is 0.840. The van der Waals surface area contributed by atoms with E-state index in [0.717, 1.165) is 0 Å². The summed E-state index contributed by atoms with van der Waals surface area (Å²) in [5, 5.41) is 17.3. The Balaban J connectivity index is 1.94. The van der Waals surface area contributed by atoms with Crippen molar-refractivity contribution < 1.29 is 4.39 Å². The zero-order chi connectivity index (χ0) is 16.4. The van der Waals surface area contributed by atoms with Crippen LogP contribution < -0.4 is 10.6 Å². The van der Waals surface area contributed by atoms with Crippen molar-refractivity contribution in [2.45, 2.75) is 6.92 Å². The molecule has 8 nitrogen and oxygen atoms in total. The first kappa shape index (κ1) is 15.1. The number of aryl methyl sites for hydroxylation is 1. The highest BCUT2D eigenvalue weighted by molar-refractivity contribution is 6.32. The van der Waals surface area contributed by atoms with Crippen LogP contribution in [0.1, 0.15) is 5.82 Å². The van der Waals surface area contributed by atoms with Gasteiger partial charge in [-0.3, -0.25) is 0 Å². The topological polar surface area (TPSA) is 93.4 Å². The van der Waals surface area contributed by atoms with E-state index in [9.17, 15) is 4.39 Å². The quantitative estimate of drug-likeness (QED) is 0.756. The van der Waals surface area contributed by atoms with Crippen LogP contribution in [-0.4, -0.2) is 37.2 Å². The molecule has 0 saturated heterocycles. The van der Waals surface area contributed by atoms with Gasteiger partial charge in [0.2, 0.25) is 5.95 Å². The Morgan fingerprint density at radius 1 is 1.30 bits per heavy atom. The molecule has 23 heavy (non-hydrogen) atoms. The Labute approximate surface area is 135 Å². The molecule has 0 amide bonds. The zero-order valence-corrected chi connectivity index (χ0v) is 13.0. The number of nitrogens with one attached hydrogen (secondary N) is 2. The van der Waals surface area contributed by atoms with Crippen molar-refractivity contribution in [3.63, 3.8) is 0 Å². The third-order valence-electron chi connectivity index (χ3n) is 3.04. The summed E-state index contributed by atoms with van der Waals surface area (Å²) >= 11 is 5.94. The molecule has 10 heteroatoms. The van der Waals surface area contributed by atoms with E-state index >= 15 is 0 Å². The highest BCUT2D eigenvalue weighted by Crippen LogP contribution is 2.23. The Morgan fingerprint density at radius 3 is 2.83 bits per heavy atom. The molecule has 0 spiro atoms. The second kappa shape index (κ2) is 6.13. The average Bonchev–Trinajstić information content (AvgIpc) is 2.97. The van der Waals surface area contributed by atoms with E-state index in [1.807, 2.05) is 0 Å². The molecular formula is C13H12ClFN8. The largest absolute Gasteiger partial charge is 0.372 e. The van der Waals surface area contributed by atoms with Crippen LogP contribution in [0.4, 0.5) is 21.8 Å². The Bertz CT molecular complexity index is 850. The predicted octanol–water partition coefficient (Wildman–Crippen LogP) is 2.34. The molecule has 0 atom stereocenters. The minimum Gasteiger partial charge on any atom is -0.372 e. The molecular weight excluding hydrogens is 323 g/mol. The average molecular weight is 335 g/mol. The maximum atomic E-state index is 14.0. The van der Waals surface area contributed by atoms with Gasteiger partial charge in [0.25, 0.3) is 0 Å². The van der Waals surface area contributed by atoms with Crippen molar-refractivity contribution in [1.82, 2.24) is 30.2 Å². The third kappa shape index (κ3) is 3.04. The van der Waals surface area contributed by atoms with Crippen LogP contribution in [0.3, 0.4) is 0 Å². The predicted molar refractivity (Wildman–Crippen MR) is 83.7 cm³/mol. The monoisotopic (exact) mass is 334 g/mol. The van der Waals surface area contributed by atoms with Gasteiger partial charge in [0.1, 0.15) is 22.3 Å². The van der Waals surface area contributed by atoms with Crippen molar-refractivity contribution in [1.29, 1.82) is 0 Å². The fraction of sp³-hybridized carbons (Fsp3) is 0.154. The smallest absolute Gasteiger partial charge is 0.229 e. The number of anilines is 3. The number of nitrogens with zero attached hydrogens (tertiary/aromatic N) is 6. The lowest BCUT2D eigenvalue weighted by atomic mass is 10.2. The molecule has 0 aliphatic heterocycles. The number of benzene rings is 1. The van der Waals surface area contributed by atoms with Crippen molar-refractivity contribution in [2.75, 3.05) is 17.7 Å². The van der Waals surface area contributed by atoms with Crippen molar-refractivity contribution in [2.24, 2.45) is 0 Å². The zero-order valence-electron chi connectivity index (χ0n) is 12.2. The van der Waals surface area contributed by atoms with Crippen molar-refractivity contribution >= 4 is 29.1 Å². The maximum Gasteiger partial charge on any atom is 0.229 e. The number of halogens is 2. The van der Waals surface area contributed by atoms with E-state index in [2.05, 4.69) is 36.1 Å². The molecule has 1 aromatic carbocycles. The summed E-state index contributed by atoms with van der Waals surface area (Å²) in [6.07, 6.45) is 1.47. The van der Waals surface area contributed by atoms with Gasteiger partial charge in [0.05, 0.1) is 6.20 Å². The molecule has 0 radical (unpaired) electrons. The number of tetrazole rings is 1. The van der Waals surface area contributed by atoms with E-state index in [1.54, 1.807) is 26.1 Å². The molecule has 0 bridgehead atoms. The van der Waals surface area contributed by atoms with Crippen LogP contribution in [-0.2, 0) is 0 Å². The van der Waals surface area contributed by atoms with E-state index in [0.29, 0.717) is 28.3 Å². The first-order valence-corrected chi connectivity index (χ1v) is 6.98. The molecule has 3 aromatic rings. The lowest BCUT2D eigenvalue weighted by Gasteiger charge is -2.10.